The fourth-order valence-electron chi connectivity index (χ4n) is 3.62. The Morgan fingerprint density at radius 3 is 2.38 bits per heavy atom. The van der Waals surface area contributed by atoms with E-state index in [1.165, 1.54) is 23.5 Å². The van der Waals surface area contributed by atoms with Gasteiger partial charge in [-0.05, 0) is 80.1 Å². The number of hydrogen-bond acceptors (Lipinski definition) is 6. The zero-order chi connectivity index (χ0) is 24.3. The van der Waals surface area contributed by atoms with Crippen LogP contribution in [0.25, 0.3) is 0 Å². The number of fused-ring (bicyclic) bond motifs is 1. The van der Waals surface area contributed by atoms with Gasteiger partial charge in [0.15, 0.2) is 6.10 Å². The summed E-state index contributed by atoms with van der Waals surface area (Å²) >= 11 is 0. The molecule has 0 saturated carbocycles. The summed E-state index contributed by atoms with van der Waals surface area (Å²) in [5.41, 5.74) is 1.82. The second-order valence-corrected chi connectivity index (χ2v) is 9.60. The molecule has 178 valence electrons. The van der Waals surface area contributed by atoms with Gasteiger partial charge in [0.25, 0.3) is 15.9 Å². The van der Waals surface area contributed by atoms with E-state index >= 15 is 0 Å². The molecule has 1 N–H and O–H groups in total. The summed E-state index contributed by atoms with van der Waals surface area (Å²) in [4.78, 5) is 13.2. The monoisotopic (exact) mass is 482 g/mol. The van der Waals surface area contributed by atoms with E-state index in [2.05, 4.69) is 5.32 Å². The first kappa shape index (κ1) is 23.4. The average molecular weight is 483 g/mol. The van der Waals surface area contributed by atoms with Gasteiger partial charge in [0.2, 0.25) is 0 Å². The molecule has 1 aliphatic rings. The van der Waals surface area contributed by atoms with Crippen molar-refractivity contribution in [1.82, 2.24) is 0 Å². The fraction of sp³-hybridized carbons (Fsp3) is 0.240. The van der Waals surface area contributed by atoms with Gasteiger partial charge in [-0.1, -0.05) is 6.07 Å². The molecule has 0 bridgehead atoms. The predicted molar refractivity (Wildman–Crippen MR) is 129 cm³/mol. The summed E-state index contributed by atoms with van der Waals surface area (Å²) in [5, 5.41) is 2.80. The standard InChI is InChI=1S/C25H26N2O6S/c1-4-32-20-8-6-18(7-9-20)26-25(28)24-16-27(22-14-5-17(2)15-23(22)33-24)34(29,30)21-12-10-19(31-3)11-13-21/h5-15,24H,4,16H2,1-3H3,(H,26,28). The molecule has 9 heteroatoms. The first-order valence-electron chi connectivity index (χ1n) is 10.8. The van der Waals surface area contributed by atoms with Gasteiger partial charge >= 0.3 is 0 Å². The van der Waals surface area contributed by atoms with Crippen molar-refractivity contribution in [2.75, 3.05) is 29.9 Å². The smallest absolute Gasteiger partial charge is 0.267 e. The van der Waals surface area contributed by atoms with Crippen molar-refractivity contribution < 1.29 is 27.4 Å². The summed E-state index contributed by atoms with van der Waals surface area (Å²) in [6, 6.07) is 18.3. The highest BCUT2D eigenvalue weighted by atomic mass is 32.2. The minimum atomic E-state index is -3.96. The number of rotatable bonds is 7. The predicted octanol–water partition coefficient (Wildman–Crippen LogP) is 4.00. The summed E-state index contributed by atoms with van der Waals surface area (Å²) in [6.45, 7) is 4.13. The summed E-state index contributed by atoms with van der Waals surface area (Å²) < 4.78 is 44.8. The third-order valence-corrected chi connectivity index (χ3v) is 7.15. The lowest BCUT2D eigenvalue weighted by molar-refractivity contribution is -0.122. The zero-order valence-corrected chi connectivity index (χ0v) is 20.0. The number of carbonyl (C=O) groups is 1. The number of ether oxygens (including phenoxy) is 3. The van der Waals surface area contributed by atoms with E-state index in [0.717, 1.165) is 5.56 Å². The van der Waals surface area contributed by atoms with E-state index in [4.69, 9.17) is 14.2 Å². The highest BCUT2D eigenvalue weighted by molar-refractivity contribution is 7.92. The maximum absolute atomic E-state index is 13.5. The van der Waals surface area contributed by atoms with E-state index < -0.39 is 22.0 Å². The maximum Gasteiger partial charge on any atom is 0.267 e. The van der Waals surface area contributed by atoms with Crippen LogP contribution in [0.2, 0.25) is 0 Å². The Hall–Kier alpha value is -3.72. The molecular formula is C25H26N2O6S. The largest absolute Gasteiger partial charge is 0.497 e. The zero-order valence-electron chi connectivity index (χ0n) is 19.1. The van der Waals surface area contributed by atoms with Crippen LogP contribution in [0, 0.1) is 6.92 Å². The molecule has 1 aliphatic heterocycles. The highest BCUT2D eigenvalue weighted by Gasteiger charge is 2.37. The van der Waals surface area contributed by atoms with Crippen LogP contribution >= 0.6 is 0 Å². The van der Waals surface area contributed by atoms with Gasteiger partial charge in [-0.3, -0.25) is 9.10 Å². The van der Waals surface area contributed by atoms with Crippen LogP contribution in [0.1, 0.15) is 12.5 Å². The van der Waals surface area contributed by atoms with Crippen LogP contribution in [0.3, 0.4) is 0 Å². The first-order valence-corrected chi connectivity index (χ1v) is 12.2. The van der Waals surface area contributed by atoms with Crippen molar-refractivity contribution in [3.8, 4) is 17.2 Å². The SMILES string of the molecule is CCOc1ccc(NC(=O)C2CN(S(=O)(=O)c3ccc(OC)cc3)c3ccc(C)cc3O2)cc1. The number of hydrogen-bond donors (Lipinski definition) is 1. The minimum absolute atomic E-state index is 0.0902. The lowest BCUT2D eigenvalue weighted by Gasteiger charge is -2.35. The minimum Gasteiger partial charge on any atom is -0.497 e. The molecular weight excluding hydrogens is 456 g/mol. The number of benzene rings is 3. The Balaban J connectivity index is 1.63. The quantitative estimate of drug-likeness (QED) is 0.547. The molecule has 1 heterocycles. The summed E-state index contributed by atoms with van der Waals surface area (Å²) in [6.07, 6.45) is -1.05. The molecule has 1 unspecified atom stereocenters. The molecule has 0 saturated heterocycles. The number of anilines is 2. The highest BCUT2D eigenvalue weighted by Crippen LogP contribution is 2.38. The number of methoxy groups -OCH3 is 1. The molecule has 0 spiro atoms. The number of carbonyl (C=O) groups excluding carboxylic acids is 1. The van der Waals surface area contributed by atoms with Crippen molar-refractivity contribution in [2.24, 2.45) is 0 Å². The Bertz CT molecular complexity index is 1270. The maximum atomic E-state index is 13.5. The molecule has 0 fully saturated rings. The molecule has 4 rings (SSSR count). The van der Waals surface area contributed by atoms with Crippen molar-refractivity contribution in [1.29, 1.82) is 0 Å². The van der Waals surface area contributed by atoms with Crippen LogP contribution < -0.4 is 23.8 Å². The molecule has 1 amide bonds. The molecule has 8 nitrogen and oxygen atoms in total. The van der Waals surface area contributed by atoms with Crippen molar-refractivity contribution in [3.05, 3.63) is 72.3 Å². The number of amides is 1. The van der Waals surface area contributed by atoms with Crippen LogP contribution in [0.5, 0.6) is 17.2 Å². The van der Waals surface area contributed by atoms with Crippen LogP contribution in [0.15, 0.2) is 71.6 Å². The number of aryl methyl sites for hydroxylation is 1. The topological polar surface area (TPSA) is 94.2 Å². The third-order valence-electron chi connectivity index (χ3n) is 5.36. The van der Waals surface area contributed by atoms with Gasteiger partial charge in [-0.2, -0.15) is 0 Å². The molecule has 0 radical (unpaired) electrons. The van der Waals surface area contributed by atoms with Gasteiger partial charge in [0.1, 0.15) is 17.2 Å². The number of nitrogens with zero attached hydrogens (tertiary/aromatic N) is 1. The Morgan fingerprint density at radius 2 is 1.74 bits per heavy atom. The van der Waals surface area contributed by atoms with Crippen LogP contribution in [0.4, 0.5) is 11.4 Å². The molecule has 3 aromatic rings. The third kappa shape index (κ3) is 4.79. The van der Waals surface area contributed by atoms with Crippen molar-refractivity contribution in [3.63, 3.8) is 0 Å². The van der Waals surface area contributed by atoms with Gasteiger partial charge in [0.05, 0.1) is 30.8 Å². The van der Waals surface area contributed by atoms with E-state index in [0.29, 0.717) is 35.2 Å². The second kappa shape index (κ2) is 9.64. The Morgan fingerprint density at radius 1 is 1.06 bits per heavy atom. The first-order chi connectivity index (χ1) is 16.3. The Kier molecular flexibility index (Phi) is 6.65. The lowest BCUT2D eigenvalue weighted by Crippen LogP contribution is -2.48. The van der Waals surface area contributed by atoms with Gasteiger partial charge in [0, 0.05) is 5.69 Å². The summed E-state index contributed by atoms with van der Waals surface area (Å²) in [5.74, 6) is 1.11. The van der Waals surface area contributed by atoms with Crippen LogP contribution in [-0.4, -0.2) is 40.7 Å². The van der Waals surface area contributed by atoms with Crippen molar-refractivity contribution >= 4 is 27.3 Å². The van der Waals surface area contributed by atoms with E-state index in [1.807, 2.05) is 13.8 Å². The molecule has 0 aliphatic carbocycles. The van der Waals surface area contributed by atoms with E-state index in [1.54, 1.807) is 54.6 Å². The number of sulfonamides is 1. The van der Waals surface area contributed by atoms with Gasteiger partial charge < -0.3 is 19.5 Å². The molecule has 34 heavy (non-hydrogen) atoms. The van der Waals surface area contributed by atoms with E-state index in [9.17, 15) is 13.2 Å². The fourth-order valence-corrected chi connectivity index (χ4v) is 5.10. The molecule has 1 atom stereocenters. The summed E-state index contributed by atoms with van der Waals surface area (Å²) in [7, 11) is -2.45. The number of nitrogens with one attached hydrogen (secondary N) is 1. The molecule has 0 aromatic heterocycles. The normalized spacial score (nSPS) is 15.1. The lowest BCUT2D eigenvalue weighted by atomic mass is 10.1. The average Bonchev–Trinajstić information content (AvgIpc) is 2.84. The molecule has 3 aromatic carbocycles. The van der Waals surface area contributed by atoms with E-state index in [-0.39, 0.29) is 11.4 Å². The van der Waals surface area contributed by atoms with Crippen LogP contribution in [-0.2, 0) is 14.8 Å². The van der Waals surface area contributed by atoms with Crippen molar-refractivity contribution in [2.45, 2.75) is 24.8 Å². The second-order valence-electron chi connectivity index (χ2n) is 7.74. The van der Waals surface area contributed by atoms with Gasteiger partial charge in [-0.15, -0.1) is 0 Å². The van der Waals surface area contributed by atoms with Gasteiger partial charge in [-0.25, -0.2) is 8.42 Å². The Labute approximate surface area is 199 Å².